The first-order chi connectivity index (χ1) is 14.4. The van der Waals surface area contributed by atoms with E-state index in [2.05, 4.69) is 5.32 Å². The molecule has 6 nitrogen and oxygen atoms in total. The molecule has 3 rings (SSSR count). The molecule has 154 valence electrons. The predicted molar refractivity (Wildman–Crippen MR) is 109 cm³/mol. The first kappa shape index (κ1) is 21.1. The summed E-state index contributed by atoms with van der Waals surface area (Å²) in [5.41, 5.74) is 0.0184. The van der Waals surface area contributed by atoms with E-state index in [0.29, 0.717) is 10.6 Å². The molecule has 1 heterocycles. The van der Waals surface area contributed by atoms with Crippen molar-refractivity contribution in [3.8, 4) is 0 Å². The van der Waals surface area contributed by atoms with E-state index >= 15 is 0 Å². The van der Waals surface area contributed by atoms with Gasteiger partial charge >= 0.3 is 5.97 Å². The highest BCUT2D eigenvalue weighted by molar-refractivity contribution is 7.12. The van der Waals surface area contributed by atoms with Crippen molar-refractivity contribution in [2.75, 3.05) is 23.9 Å². The number of halogens is 2. The number of rotatable bonds is 6. The van der Waals surface area contributed by atoms with Crippen molar-refractivity contribution in [1.29, 1.82) is 0 Å². The van der Waals surface area contributed by atoms with Crippen LogP contribution in [0.4, 0.5) is 20.2 Å². The number of hydrogen-bond acceptors (Lipinski definition) is 5. The Balaban J connectivity index is 1.68. The molecule has 2 aromatic carbocycles. The summed E-state index contributed by atoms with van der Waals surface area (Å²) >= 11 is 1.27. The lowest BCUT2D eigenvalue weighted by molar-refractivity contribution is -0.119. The summed E-state index contributed by atoms with van der Waals surface area (Å²) in [7, 11) is 1.52. The van der Waals surface area contributed by atoms with Crippen LogP contribution in [0.1, 0.15) is 20.0 Å². The van der Waals surface area contributed by atoms with Gasteiger partial charge in [-0.1, -0.05) is 18.2 Å². The molecule has 0 spiro atoms. The standard InChI is InChI=1S/C21H16F2N2O4S/c1-25(20(27)18-7-4-10-30-18)17-6-3-2-5-14(17)21(28)29-12-19(26)24-16-11-13(22)8-9-15(16)23/h2-11H,12H2,1H3,(H,24,26). The average molecular weight is 430 g/mol. The van der Waals surface area contributed by atoms with Gasteiger partial charge in [-0.3, -0.25) is 9.59 Å². The highest BCUT2D eigenvalue weighted by atomic mass is 32.1. The third-order valence-corrected chi connectivity index (χ3v) is 4.92. The van der Waals surface area contributed by atoms with Gasteiger partial charge in [0.1, 0.15) is 11.6 Å². The molecule has 0 atom stereocenters. The Morgan fingerprint density at radius 3 is 2.57 bits per heavy atom. The topological polar surface area (TPSA) is 75.7 Å². The second-order valence-electron chi connectivity index (χ2n) is 6.11. The van der Waals surface area contributed by atoms with Crippen molar-refractivity contribution in [3.05, 3.63) is 82.1 Å². The van der Waals surface area contributed by atoms with Crippen molar-refractivity contribution >= 4 is 40.5 Å². The summed E-state index contributed by atoms with van der Waals surface area (Å²) in [4.78, 5) is 38.8. The molecule has 1 aromatic heterocycles. The van der Waals surface area contributed by atoms with Crippen molar-refractivity contribution < 1.29 is 27.9 Å². The summed E-state index contributed by atoms with van der Waals surface area (Å²) in [5.74, 6) is -3.53. The van der Waals surface area contributed by atoms with Gasteiger partial charge in [0.15, 0.2) is 6.61 Å². The maximum Gasteiger partial charge on any atom is 0.340 e. The van der Waals surface area contributed by atoms with Gasteiger partial charge in [-0.15, -0.1) is 11.3 Å². The van der Waals surface area contributed by atoms with Crippen molar-refractivity contribution in [2.24, 2.45) is 0 Å². The molecule has 2 amide bonds. The minimum absolute atomic E-state index is 0.0784. The Hall–Kier alpha value is -3.59. The number of para-hydroxylation sites is 1. The number of nitrogens with zero attached hydrogens (tertiary/aromatic N) is 1. The molecule has 0 saturated heterocycles. The minimum Gasteiger partial charge on any atom is -0.452 e. The molecule has 0 saturated carbocycles. The molecule has 30 heavy (non-hydrogen) atoms. The number of carbonyl (C=O) groups excluding carboxylic acids is 3. The second kappa shape index (κ2) is 9.27. The Bertz CT molecular complexity index is 1090. The van der Waals surface area contributed by atoms with E-state index in [4.69, 9.17) is 4.74 Å². The fourth-order valence-corrected chi connectivity index (χ4v) is 3.30. The number of thiophene rings is 1. The summed E-state index contributed by atoms with van der Waals surface area (Å²) < 4.78 is 31.8. The molecule has 9 heteroatoms. The summed E-state index contributed by atoms with van der Waals surface area (Å²) in [5, 5.41) is 3.90. The molecular formula is C21H16F2N2O4S. The predicted octanol–water partition coefficient (Wildman–Crippen LogP) is 4.10. The number of nitrogens with one attached hydrogen (secondary N) is 1. The van der Waals surface area contributed by atoms with Gasteiger partial charge in [0.05, 0.1) is 21.8 Å². The van der Waals surface area contributed by atoms with E-state index in [1.807, 2.05) is 0 Å². The zero-order valence-electron chi connectivity index (χ0n) is 15.7. The van der Waals surface area contributed by atoms with Gasteiger partial charge in [0, 0.05) is 13.1 Å². The number of benzene rings is 2. The van der Waals surface area contributed by atoms with E-state index in [1.165, 1.54) is 29.4 Å². The van der Waals surface area contributed by atoms with Crippen LogP contribution in [-0.2, 0) is 9.53 Å². The minimum atomic E-state index is -0.841. The van der Waals surface area contributed by atoms with Gasteiger partial charge in [0.25, 0.3) is 11.8 Å². The Kier molecular flexibility index (Phi) is 6.53. The number of esters is 1. The normalized spacial score (nSPS) is 10.4. The highest BCUT2D eigenvalue weighted by Crippen LogP contribution is 2.23. The van der Waals surface area contributed by atoms with E-state index < -0.39 is 30.1 Å². The molecule has 0 unspecified atom stereocenters. The van der Waals surface area contributed by atoms with Crippen LogP contribution >= 0.6 is 11.3 Å². The third kappa shape index (κ3) is 4.87. The summed E-state index contributed by atoms with van der Waals surface area (Å²) in [6.45, 7) is -0.717. The van der Waals surface area contributed by atoms with Gasteiger partial charge in [-0.2, -0.15) is 0 Å². The maximum absolute atomic E-state index is 13.6. The van der Waals surface area contributed by atoms with Crippen LogP contribution in [0.5, 0.6) is 0 Å². The smallest absolute Gasteiger partial charge is 0.340 e. The zero-order chi connectivity index (χ0) is 21.7. The van der Waals surface area contributed by atoms with Gasteiger partial charge in [-0.05, 0) is 35.7 Å². The van der Waals surface area contributed by atoms with Crippen LogP contribution < -0.4 is 10.2 Å². The number of amides is 2. The van der Waals surface area contributed by atoms with Crippen LogP contribution in [-0.4, -0.2) is 31.4 Å². The quantitative estimate of drug-likeness (QED) is 0.598. The van der Waals surface area contributed by atoms with Crippen molar-refractivity contribution in [3.63, 3.8) is 0 Å². The van der Waals surface area contributed by atoms with E-state index in [9.17, 15) is 23.2 Å². The lowest BCUT2D eigenvalue weighted by Crippen LogP contribution is -2.28. The maximum atomic E-state index is 13.6. The molecule has 3 aromatic rings. The average Bonchev–Trinajstić information content (AvgIpc) is 3.28. The fourth-order valence-electron chi connectivity index (χ4n) is 2.60. The molecule has 0 aliphatic heterocycles. The molecule has 0 aliphatic rings. The first-order valence-corrected chi connectivity index (χ1v) is 9.57. The van der Waals surface area contributed by atoms with Gasteiger partial charge in [0.2, 0.25) is 0 Å². The molecule has 0 fully saturated rings. The summed E-state index contributed by atoms with van der Waals surface area (Å²) in [6.07, 6.45) is 0. The van der Waals surface area contributed by atoms with Gasteiger partial charge in [-0.25, -0.2) is 13.6 Å². The number of anilines is 2. The van der Waals surface area contributed by atoms with Crippen molar-refractivity contribution in [2.45, 2.75) is 0 Å². The molecule has 1 N–H and O–H groups in total. The lowest BCUT2D eigenvalue weighted by atomic mass is 10.1. The van der Waals surface area contributed by atoms with Gasteiger partial charge < -0.3 is 15.0 Å². The Labute approximate surface area is 174 Å². The first-order valence-electron chi connectivity index (χ1n) is 8.69. The van der Waals surface area contributed by atoms with Crippen LogP contribution in [0.15, 0.2) is 60.0 Å². The Morgan fingerprint density at radius 1 is 1.07 bits per heavy atom. The van der Waals surface area contributed by atoms with E-state index in [1.54, 1.807) is 35.7 Å². The third-order valence-electron chi connectivity index (χ3n) is 4.06. The fraction of sp³-hybridized carbons (Fsp3) is 0.0952. The van der Waals surface area contributed by atoms with E-state index in [0.717, 1.165) is 18.2 Å². The lowest BCUT2D eigenvalue weighted by Gasteiger charge is -2.19. The zero-order valence-corrected chi connectivity index (χ0v) is 16.5. The molecule has 0 bridgehead atoms. The van der Waals surface area contributed by atoms with Crippen LogP contribution in [0.3, 0.4) is 0 Å². The van der Waals surface area contributed by atoms with Crippen LogP contribution in [0.25, 0.3) is 0 Å². The molecule has 0 radical (unpaired) electrons. The van der Waals surface area contributed by atoms with Crippen LogP contribution in [0, 0.1) is 11.6 Å². The number of hydrogen-bond donors (Lipinski definition) is 1. The number of carbonyl (C=O) groups is 3. The molecular weight excluding hydrogens is 414 g/mol. The van der Waals surface area contributed by atoms with Crippen molar-refractivity contribution in [1.82, 2.24) is 0 Å². The SMILES string of the molecule is CN(C(=O)c1cccs1)c1ccccc1C(=O)OCC(=O)Nc1cc(F)ccc1F. The largest absolute Gasteiger partial charge is 0.452 e. The number of ether oxygens (including phenoxy) is 1. The molecule has 0 aliphatic carbocycles. The Morgan fingerprint density at radius 2 is 1.83 bits per heavy atom. The summed E-state index contributed by atoms with van der Waals surface area (Å²) in [6, 6.07) is 12.3. The second-order valence-corrected chi connectivity index (χ2v) is 7.05. The van der Waals surface area contributed by atoms with E-state index in [-0.39, 0.29) is 17.2 Å². The van der Waals surface area contributed by atoms with Crippen LogP contribution in [0.2, 0.25) is 0 Å². The highest BCUT2D eigenvalue weighted by Gasteiger charge is 2.21. The monoisotopic (exact) mass is 430 g/mol.